The first-order chi connectivity index (χ1) is 15.9. The molecular formula is C27H30N2O4. The van der Waals surface area contributed by atoms with Gasteiger partial charge in [0.25, 0.3) is 0 Å². The number of anilines is 1. The van der Waals surface area contributed by atoms with Crippen LogP contribution in [0.4, 0.5) is 5.69 Å². The lowest BCUT2D eigenvalue weighted by Crippen LogP contribution is -2.45. The Morgan fingerprint density at radius 2 is 1.61 bits per heavy atom. The minimum absolute atomic E-state index is 0.119. The van der Waals surface area contributed by atoms with Crippen molar-refractivity contribution in [2.75, 3.05) is 19.5 Å². The first-order valence-corrected chi connectivity index (χ1v) is 10.8. The fourth-order valence-corrected chi connectivity index (χ4v) is 3.48. The number of rotatable bonds is 9. The van der Waals surface area contributed by atoms with Crippen LogP contribution in [0.5, 0.6) is 11.5 Å². The largest absolute Gasteiger partial charge is 0.497 e. The molecule has 0 aromatic heterocycles. The van der Waals surface area contributed by atoms with Crippen LogP contribution >= 0.6 is 0 Å². The average Bonchev–Trinajstić information content (AvgIpc) is 2.84. The summed E-state index contributed by atoms with van der Waals surface area (Å²) in [6.45, 7) is 4.09. The summed E-state index contributed by atoms with van der Waals surface area (Å²) in [7, 11) is 3.09. The lowest BCUT2D eigenvalue weighted by Gasteiger charge is -2.29. The fourth-order valence-electron chi connectivity index (χ4n) is 3.48. The summed E-state index contributed by atoms with van der Waals surface area (Å²) in [5, 5.41) is 2.89. The van der Waals surface area contributed by atoms with Crippen LogP contribution in [0, 0.1) is 6.92 Å². The Labute approximate surface area is 195 Å². The minimum Gasteiger partial charge on any atom is -0.497 e. The zero-order valence-electron chi connectivity index (χ0n) is 19.5. The molecule has 1 atom stereocenters. The summed E-state index contributed by atoms with van der Waals surface area (Å²) >= 11 is 0. The second kappa shape index (κ2) is 11.2. The molecule has 0 radical (unpaired) electrons. The molecule has 0 spiro atoms. The smallest absolute Gasteiger partial charge is 0.247 e. The molecule has 33 heavy (non-hydrogen) atoms. The number of hydrogen-bond donors (Lipinski definition) is 1. The van der Waals surface area contributed by atoms with E-state index in [0.717, 1.165) is 16.7 Å². The summed E-state index contributed by atoms with van der Waals surface area (Å²) in [4.78, 5) is 28.1. The van der Waals surface area contributed by atoms with Crippen LogP contribution < -0.4 is 14.8 Å². The van der Waals surface area contributed by atoms with Gasteiger partial charge < -0.3 is 19.7 Å². The Balaban J connectivity index is 1.82. The molecule has 1 unspecified atom stereocenters. The summed E-state index contributed by atoms with van der Waals surface area (Å²) in [6, 6.07) is 22.0. The topological polar surface area (TPSA) is 67.9 Å². The van der Waals surface area contributed by atoms with E-state index in [0.29, 0.717) is 23.7 Å². The summed E-state index contributed by atoms with van der Waals surface area (Å²) in [5.41, 5.74) is 3.52. The third-order valence-corrected chi connectivity index (χ3v) is 5.51. The molecule has 0 saturated carbocycles. The van der Waals surface area contributed by atoms with Gasteiger partial charge in [-0.15, -0.1) is 0 Å². The Kier molecular flexibility index (Phi) is 8.08. The van der Waals surface area contributed by atoms with Crippen LogP contribution in [0.3, 0.4) is 0 Å². The molecule has 0 aliphatic carbocycles. The standard InChI is InChI=1S/C27H30N2O4/c1-19-10-12-22(13-11-19)18-29(26(30)16-21-8-6-5-7-9-21)20(2)27(31)28-24-15-14-23(32-3)17-25(24)33-4/h5-15,17,20H,16,18H2,1-4H3,(H,28,31). The van der Waals surface area contributed by atoms with Crippen molar-refractivity contribution in [3.05, 3.63) is 89.5 Å². The lowest BCUT2D eigenvalue weighted by molar-refractivity contribution is -0.138. The monoisotopic (exact) mass is 446 g/mol. The van der Waals surface area contributed by atoms with Crippen molar-refractivity contribution in [1.82, 2.24) is 4.90 Å². The van der Waals surface area contributed by atoms with E-state index in [9.17, 15) is 9.59 Å². The highest BCUT2D eigenvalue weighted by Gasteiger charge is 2.27. The summed E-state index contributed by atoms with van der Waals surface area (Å²) in [5.74, 6) is 0.686. The number of nitrogens with zero attached hydrogens (tertiary/aromatic N) is 1. The summed E-state index contributed by atoms with van der Waals surface area (Å²) in [6.07, 6.45) is 0.218. The maximum atomic E-state index is 13.3. The molecule has 3 rings (SSSR count). The van der Waals surface area contributed by atoms with Gasteiger partial charge in [0.1, 0.15) is 17.5 Å². The minimum atomic E-state index is -0.700. The van der Waals surface area contributed by atoms with E-state index in [4.69, 9.17) is 9.47 Å². The van der Waals surface area contributed by atoms with Crippen molar-refractivity contribution in [3.63, 3.8) is 0 Å². The molecule has 0 bridgehead atoms. The first-order valence-electron chi connectivity index (χ1n) is 10.8. The van der Waals surface area contributed by atoms with Crippen LogP contribution in [-0.2, 0) is 22.6 Å². The van der Waals surface area contributed by atoms with E-state index in [1.54, 1.807) is 37.1 Å². The van der Waals surface area contributed by atoms with Gasteiger partial charge in [-0.05, 0) is 37.1 Å². The highest BCUT2D eigenvalue weighted by atomic mass is 16.5. The number of benzene rings is 3. The van der Waals surface area contributed by atoms with Gasteiger partial charge in [-0.3, -0.25) is 9.59 Å². The van der Waals surface area contributed by atoms with Crippen LogP contribution in [0.15, 0.2) is 72.8 Å². The van der Waals surface area contributed by atoms with Crippen molar-refractivity contribution in [1.29, 1.82) is 0 Å². The Hall–Kier alpha value is -3.80. The normalized spacial score (nSPS) is 11.4. The number of aryl methyl sites for hydroxylation is 1. The molecule has 6 heteroatoms. The number of ether oxygens (including phenoxy) is 2. The molecule has 3 aromatic carbocycles. The van der Waals surface area contributed by atoms with Crippen molar-refractivity contribution < 1.29 is 19.1 Å². The van der Waals surface area contributed by atoms with Crippen molar-refractivity contribution >= 4 is 17.5 Å². The van der Waals surface area contributed by atoms with Crippen molar-refractivity contribution in [2.24, 2.45) is 0 Å². The van der Waals surface area contributed by atoms with E-state index < -0.39 is 6.04 Å². The highest BCUT2D eigenvalue weighted by molar-refractivity contribution is 5.98. The number of carbonyl (C=O) groups is 2. The molecule has 2 amide bonds. The maximum Gasteiger partial charge on any atom is 0.247 e. The number of methoxy groups -OCH3 is 2. The molecule has 0 fully saturated rings. The van der Waals surface area contributed by atoms with E-state index >= 15 is 0 Å². The zero-order valence-corrected chi connectivity index (χ0v) is 19.5. The summed E-state index contributed by atoms with van der Waals surface area (Å²) < 4.78 is 10.6. The van der Waals surface area contributed by atoms with Gasteiger partial charge in [0.2, 0.25) is 11.8 Å². The zero-order chi connectivity index (χ0) is 23.8. The van der Waals surface area contributed by atoms with Gasteiger partial charge >= 0.3 is 0 Å². The Morgan fingerprint density at radius 1 is 0.909 bits per heavy atom. The van der Waals surface area contributed by atoms with E-state index in [1.807, 2.05) is 61.5 Å². The highest BCUT2D eigenvalue weighted by Crippen LogP contribution is 2.29. The average molecular weight is 447 g/mol. The molecule has 0 saturated heterocycles. The molecule has 3 aromatic rings. The van der Waals surface area contributed by atoms with Gasteiger partial charge in [-0.2, -0.15) is 0 Å². The third kappa shape index (κ3) is 6.35. The fraction of sp³-hybridized carbons (Fsp3) is 0.259. The van der Waals surface area contributed by atoms with E-state index in [-0.39, 0.29) is 18.2 Å². The van der Waals surface area contributed by atoms with Crippen LogP contribution in [-0.4, -0.2) is 37.0 Å². The van der Waals surface area contributed by atoms with Gasteiger partial charge in [-0.1, -0.05) is 60.2 Å². The number of hydrogen-bond acceptors (Lipinski definition) is 4. The predicted molar refractivity (Wildman–Crippen MR) is 130 cm³/mol. The molecule has 0 aliphatic rings. The molecule has 0 aliphatic heterocycles. The van der Waals surface area contributed by atoms with Crippen LogP contribution in [0.25, 0.3) is 0 Å². The Morgan fingerprint density at radius 3 is 2.24 bits per heavy atom. The Bertz CT molecular complexity index is 1080. The lowest BCUT2D eigenvalue weighted by atomic mass is 10.1. The third-order valence-electron chi connectivity index (χ3n) is 5.51. The predicted octanol–water partition coefficient (Wildman–Crippen LogP) is 4.61. The van der Waals surface area contributed by atoms with Gasteiger partial charge in [0.15, 0.2) is 0 Å². The molecule has 172 valence electrons. The number of amides is 2. The molecule has 6 nitrogen and oxygen atoms in total. The number of nitrogens with one attached hydrogen (secondary N) is 1. The van der Waals surface area contributed by atoms with Gasteiger partial charge in [-0.25, -0.2) is 0 Å². The molecule has 1 N–H and O–H groups in total. The quantitative estimate of drug-likeness (QED) is 0.521. The second-order valence-corrected chi connectivity index (χ2v) is 7.90. The second-order valence-electron chi connectivity index (χ2n) is 7.90. The number of carbonyl (C=O) groups excluding carboxylic acids is 2. The first kappa shape index (κ1) is 23.9. The molecule has 0 heterocycles. The maximum absolute atomic E-state index is 13.3. The molecular weight excluding hydrogens is 416 g/mol. The van der Waals surface area contributed by atoms with E-state index in [1.165, 1.54) is 7.11 Å². The van der Waals surface area contributed by atoms with Gasteiger partial charge in [0.05, 0.1) is 26.3 Å². The SMILES string of the molecule is COc1ccc(NC(=O)C(C)N(Cc2ccc(C)cc2)C(=O)Cc2ccccc2)c(OC)c1. The van der Waals surface area contributed by atoms with Crippen molar-refractivity contribution in [3.8, 4) is 11.5 Å². The van der Waals surface area contributed by atoms with Crippen LogP contribution in [0.2, 0.25) is 0 Å². The van der Waals surface area contributed by atoms with Crippen molar-refractivity contribution in [2.45, 2.75) is 32.9 Å². The van der Waals surface area contributed by atoms with Gasteiger partial charge in [0, 0.05) is 12.6 Å². The van der Waals surface area contributed by atoms with Crippen LogP contribution in [0.1, 0.15) is 23.6 Å². The van der Waals surface area contributed by atoms with E-state index in [2.05, 4.69) is 5.32 Å².